The minimum absolute atomic E-state index is 0.464. The van der Waals surface area contributed by atoms with Gasteiger partial charge in [-0.05, 0) is 37.2 Å². The molecule has 25 heavy (non-hydrogen) atoms. The zero-order valence-corrected chi connectivity index (χ0v) is 15.1. The van der Waals surface area contributed by atoms with Gasteiger partial charge in [-0.1, -0.05) is 42.5 Å². The van der Waals surface area contributed by atoms with Gasteiger partial charge in [-0.15, -0.1) is 0 Å². The maximum absolute atomic E-state index is 10.6. The molecule has 2 aromatic carbocycles. The van der Waals surface area contributed by atoms with E-state index in [9.17, 15) is 5.11 Å². The summed E-state index contributed by atoms with van der Waals surface area (Å²) in [7, 11) is 2.15. The van der Waals surface area contributed by atoms with Crippen molar-refractivity contribution in [3.63, 3.8) is 0 Å². The van der Waals surface area contributed by atoms with Crippen LogP contribution >= 0.6 is 0 Å². The minimum atomic E-state index is -0.464. The number of rotatable bonds is 6. The van der Waals surface area contributed by atoms with Crippen molar-refractivity contribution < 1.29 is 9.84 Å². The molecule has 134 valence electrons. The van der Waals surface area contributed by atoms with Crippen molar-refractivity contribution in [3.05, 3.63) is 65.7 Å². The molecule has 0 aliphatic carbocycles. The number of benzene rings is 2. The molecular weight excluding hydrogens is 312 g/mol. The van der Waals surface area contributed by atoms with E-state index >= 15 is 0 Å². The van der Waals surface area contributed by atoms with Crippen LogP contribution in [0.2, 0.25) is 0 Å². The summed E-state index contributed by atoms with van der Waals surface area (Å²) in [5, 5.41) is 10.6. The summed E-state index contributed by atoms with van der Waals surface area (Å²) in [6, 6.07) is 18.4. The average Bonchev–Trinajstić information content (AvgIpc) is 2.63. The minimum Gasteiger partial charge on any atom is -0.489 e. The highest BCUT2D eigenvalue weighted by molar-refractivity contribution is 5.29. The van der Waals surface area contributed by atoms with Crippen molar-refractivity contribution in [1.29, 1.82) is 0 Å². The van der Waals surface area contributed by atoms with E-state index in [1.807, 2.05) is 42.5 Å². The van der Waals surface area contributed by atoms with Gasteiger partial charge < -0.3 is 14.7 Å². The molecule has 4 heteroatoms. The monoisotopic (exact) mass is 340 g/mol. The highest BCUT2D eigenvalue weighted by Gasteiger charge is 2.23. The fourth-order valence-electron chi connectivity index (χ4n) is 3.30. The second kappa shape index (κ2) is 8.48. The molecule has 1 saturated heterocycles. The van der Waals surface area contributed by atoms with E-state index in [2.05, 4.69) is 35.9 Å². The third-order valence-electron chi connectivity index (χ3n) is 4.89. The van der Waals surface area contributed by atoms with Gasteiger partial charge in [-0.3, -0.25) is 4.90 Å². The quantitative estimate of drug-likeness (QED) is 0.877. The lowest BCUT2D eigenvalue weighted by Crippen LogP contribution is -2.51. The summed E-state index contributed by atoms with van der Waals surface area (Å²) in [5.41, 5.74) is 2.09. The Morgan fingerprint density at radius 3 is 2.48 bits per heavy atom. The van der Waals surface area contributed by atoms with Crippen LogP contribution in [0.3, 0.4) is 0 Å². The number of piperazine rings is 1. The van der Waals surface area contributed by atoms with Crippen LogP contribution in [0.25, 0.3) is 0 Å². The molecule has 1 N–H and O–H groups in total. The smallest absolute Gasteiger partial charge is 0.119 e. The van der Waals surface area contributed by atoms with E-state index in [1.165, 1.54) is 0 Å². The van der Waals surface area contributed by atoms with Crippen LogP contribution in [0, 0.1) is 0 Å². The maximum Gasteiger partial charge on any atom is 0.119 e. The number of nitrogens with zero attached hydrogens (tertiary/aromatic N) is 2. The Labute approximate surface area is 150 Å². The molecule has 2 atom stereocenters. The summed E-state index contributed by atoms with van der Waals surface area (Å²) in [6.07, 6.45) is -0.464. The van der Waals surface area contributed by atoms with Crippen molar-refractivity contribution in [2.75, 3.05) is 33.2 Å². The molecule has 0 saturated carbocycles. The van der Waals surface area contributed by atoms with Crippen LogP contribution < -0.4 is 4.74 Å². The van der Waals surface area contributed by atoms with Crippen LogP contribution in [0.4, 0.5) is 0 Å². The van der Waals surface area contributed by atoms with Gasteiger partial charge in [-0.25, -0.2) is 0 Å². The van der Waals surface area contributed by atoms with E-state index in [4.69, 9.17) is 4.74 Å². The first-order valence-corrected chi connectivity index (χ1v) is 8.99. The lowest BCUT2D eigenvalue weighted by molar-refractivity contribution is 0.0474. The lowest BCUT2D eigenvalue weighted by Gasteiger charge is -2.39. The van der Waals surface area contributed by atoms with Gasteiger partial charge in [-0.2, -0.15) is 0 Å². The van der Waals surface area contributed by atoms with Crippen LogP contribution in [0.1, 0.15) is 24.2 Å². The first kappa shape index (κ1) is 17.9. The molecule has 0 amide bonds. The van der Waals surface area contributed by atoms with E-state index in [0.29, 0.717) is 19.2 Å². The zero-order valence-electron chi connectivity index (χ0n) is 15.1. The Morgan fingerprint density at radius 1 is 1.08 bits per heavy atom. The van der Waals surface area contributed by atoms with E-state index in [0.717, 1.165) is 36.5 Å². The number of hydrogen-bond donors (Lipinski definition) is 1. The van der Waals surface area contributed by atoms with Crippen molar-refractivity contribution >= 4 is 0 Å². The normalized spacial score (nSPS) is 20.4. The maximum atomic E-state index is 10.6. The Kier molecular flexibility index (Phi) is 6.08. The highest BCUT2D eigenvalue weighted by Crippen LogP contribution is 2.21. The van der Waals surface area contributed by atoms with Crippen molar-refractivity contribution in [1.82, 2.24) is 9.80 Å². The van der Waals surface area contributed by atoms with Gasteiger partial charge >= 0.3 is 0 Å². The average molecular weight is 340 g/mol. The molecule has 0 aromatic heterocycles. The molecule has 1 heterocycles. The van der Waals surface area contributed by atoms with Gasteiger partial charge in [0.15, 0.2) is 0 Å². The Balaban J connectivity index is 1.52. The Bertz CT molecular complexity index is 645. The van der Waals surface area contributed by atoms with Crippen molar-refractivity contribution in [2.24, 2.45) is 0 Å². The van der Waals surface area contributed by atoms with E-state index in [-0.39, 0.29) is 0 Å². The summed E-state index contributed by atoms with van der Waals surface area (Å²) >= 11 is 0. The Morgan fingerprint density at radius 2 is 1.80 bits per heavy atom. The Hall–Kier alpha value is -1.88. The van der Waals surface area contributed by atoms with Gasteiger partial charge in [0.05, 0.1) is 6.10 Å². The molecule has 1 aliphatic heterocycles. The SMILES string of the molecule is C[C@H]1CN(C)CCN1C[C@H](O)c1ccc(OCc2ccccc2)cc1. The molecule has 1 aliphatic rings. The van der Waals surface area contributed by atoms with E-state index < -0.39 is 6.10 Å². The van der Waals surface area contributed by atoms with E-state index in [1.54, 1.807) is 0 Å². The van der Waals surface area contributed by atoms with Crippen molar-refractivity contribution in [3.8, 4) is 5.75 Å². The number of β-amino-alcohol motifs (C(OH)–C–C–N with tert-alkyl or cyclic N) is 1. The predicted molar refractivity (Wildman–Crippen MR) is 101 cm³/mol. The van der Waals surface area contributed by atoms with Gasteiger partial charge in [0.1, 0.15) is 12.4 Å². The summed E-state index contributed by atoms with van der Waals surface area (Å²) in [4.78, 5) is 4.71. The molecule has 1 fully saturated rings. The molecule has 4 nitrogen and oxygen atoms in total. The largest absolute Gasteiger partial charge is 0.489 e. The molecular formula is C21H28N2O2. The zero-order chi connectivity index (χ0) is 17.6. The molecule has 0 unspecified atom stereocenters. The molecule has 0 spiro atoms. The lowest BCUT2D eigenvalue weighted by atomic mass is 10.1. The fourth-order valence-corrected chi connectivity index (χ4v) is 3.30. The number of likely N-dealkylation sites (N-methyl/N-ethyl adjacent to an activating group) is 1. The first-order chi connectivity index (χ1) is 12.1. The molecule has 0 bridgehead atoms. The first-order valence-electron chi connectivity index (χ1n) is 8.99. The highest BCUT2D eigenvalue weighted by atomic mass is 16.5. The van der Waals surface area contributed by atoms with Gasteiger partial charge in [0, 0.05) is 32.2 Å². The second-order valence-corrected chi connectivity index (χ2v) is 6.97. The van der Waals surface area contributed by atoms with Crippen LogP contribution in [-0.4, -0.2) is 54.2 Å². The molecule has 3 rings (SSSR count). The summed E-state index contributed by atoms with van der Waals surface area (Å²) in [6.45, 7) is 6.58. The number of ether oxygens (including phenoxy) is 1. The third kappa shape index (κ3) is 5.05. The second-order valence-electron chi connectivity index (χ2n) is 6.97. The molecule has 2 aromatic rings. The predicted octanol–water partition coefficient (Wildman–Crippen LogP) is 2.93. The number of aliphatic hydroxyl groups is 1. The third-order valence-corrected chi connectivity index (χ3v) is 4.89. The van der Waals surface area contributed by atoms with Crippen LogP contribution in [0.15, 0.2) is 54.6 Å². The summed E-state index contributed by atoms with van der Waals surface area (Å²) < 4.78 is 5.81. The fraction of sp³-hybridized carbons (Fsp3) is 0.429. The van der Waals surface area contributed by atoms with Crippen LogP contribution in [0.5, 0.6) is 5.75 Å². The van der Waals surface area contributed by atoms with Crippen LogP contribution in [-0.2, 0) is 6.61 Å². The van der Waals surface area contributed by atoms with Crippen molar-refractivity contribution in [2.45, 2.75) is 25.7 Å². The molecule has 0 radical (unpaired) electrons. The standard InChI is InChI=1S/C21H28N2O2/c1-17-14-22(2)12-13-23(17)15-21(24)19-8-10-20(11-9-19)25-16-18-6-4-3-5-7-18/h3-11,17,21,24H,12-16H2,1-2H3/t17-,21-/m0/s1. The van der Waals surface area contributed by atoms with Gasteiger partial charge in [0.25, 0.3) is 0 Å². The topological polar surface area (TPSA) is 35.9 Å². The number of aliphatic hydroxyl groups excluding tert-OH is 1. The van der Waals surface area contributed by atoms with Gasteiger partial charge in [0.2, 0.25) is 0 Å². The number of hydrogen-bond acceptors (Lipinski definition) is 4. The summed E-state index contributed by atoms with van der Waals surface area (Å²) in [5.74, 6) is 0.827.